The van der Waals surface area contributed by atoms with Gasteiger partial charge in [0.1, 0.15) is 11.6 Å². The van der Waals surface area contributed by atoms with Crippen molar-refractivity contribution in [1.82, 2.24) is 9.55 Å². The number of esters is 1. The van der Waals surface area contributed by atoms with E-state index in [4.69, 9.17) is 14.5 Å². The number of benzene rings is 3. The van der Waals surface area contributed by atoms with Crippen LogP contribution in [-0.2, 0) is 9.53 Å². The number of carbonyl (C=O) groups is 1. The molecule has 1 heterocycles. The van der Waals surface area contributed by atoms with Gasteiger partial charge in [0.15, 0.2) is 0 Å². The summed E-state index contributed by atoms with van der Waals surface area (Å²) in [6, 6.07) is 26.4. The van der Waals surface area contributed by atoms with Gasteiger partial charge < -0.3 is 9.47 Å². The van der Waals surface area contributed by atoms with Gasteiger partial charge >= 0.3 is 5.97 Å². The minimum absolute atomic E-state index is 0.246. The third-order valence-corrected chi connectivity index (χ3v) is 4.79. The summed E-state index contributed by atoms with van der Waals surface area (Å²) in [5, 5.41) is 0. The molecular weight excluding hydrogens is 376 g/mol. The first-order valence-electron chi connectivity index (χ1n) is 10.1. The van der Waals surface area contributed by atoms with Crippen LogP contribution in [0.1, 0.15) is 19.8 Å². The smallest absolute Gasteiger partial charge is 0.302 e. The molecule has 0 radical (unpaired) electrons. The SMILES string of the molecule is CC(=O)OCCCCOc1ccc2nc(-c3ccccc3)n(-c3ccccc3)c2c1. The third kappa shape index (κ3) is 4.51. The van der Waals surface area contributed by atoms with Crippen LogP contribution in [-0.4, -0.2) is 28.7 Å². The van der Waals surface area contributed by atoms with Crippen molar-refractivity contribution in [2.45, 2.75) is 19.8 Å². The highest BCUT2D eigenvalue weighted by Gasteiger charge is 2.15. The van der Waals surface area contributed by atoms with E-state index in [1.54, 1.807) is 0 Å². The second-order valence-electron chi connectivity index (χ2n) is 7.02. The number of imidazole rings is 1. The van der Waals surface area contributed by atoms with E-state index in [0.29, 0.717) is 13.2 Å². The summed E-state index contributed by atoms with van der Waals surface area (Å²) in [6.45, 7) is 2.42. The summed E-state index contributed by atoms with van der Waals surface area (Å²) in [5.74, 6) is 1.45. The fourth-order valence-electron chi connectivity index (χ4n) is 3.37. The first kappa shape index (κ1) is 19.7. The van der Waals surface area contributed by atoms with Gasteiger partial charge in [-0.3, -0.25) is 9.36 Å². The van der Waals surface area contributed by atoms with Crippen molar-refractivity contribution in [1.29, 1.82) is 0 Å². The standard InChI is InChI=1S/C25H24N2O3/c1-19(28)29-16-8-9-17-30-22-14-15-23-24(18-22)27(21-12-6-3-7-13-21)25(26-23)20-10-4-2-5-11-20/h2-7,10-15,18H,8-9,16-17H2,1H3. The molecule has 0 N–H and O–H groups in total. The van der Waals surface area contributed by atoms with Gasteiger partial charge in [-0.2, -0.15) is 0 Å². The Bertz CT molecular complexity index is 1120. The number of fused-ring (bicyclic) bond motifs is 1. The second-order valence-corrected chi connectivity index (χ2v) is 7.02. The molecule has 30 heavy (non-hydrogen) atoms. The number of aromatic nitrogens is 2. The van der Waals surface area contributed by atoms with Crippen molar-refractivity contribution in [2.75, 3.05) is 13.2 Å². The Morgan fingerprint density at radius 3 is 2.33 bits per heavy atom. The molecule has 5 heteroatoms. The molecule has 4 rings (SSSR count). The molecule has 0 saturated heterocycles. The molecule has 0 bridgehead atoms. The molecule has 0 aliphatic rings. The highest BCUT2D eigenvalue weighted by molar-refractivity contribution is 5.84. The summed E-state index contributed by atoms with van der Waals surface area (Å²) in [4.78, 5) is 15.7. The van der Waals surface area contributed by atoms with Crippen LogP contribution in [0.5, 0.6) is 5.75 Å². The topological polar surface area (TPSA) is 53.4 Å². The zero-order valence-corrected chi connectivity index (χ0v) is 17.0. The maximum atomic E-state index is 10.8. The van der Waals surface area contributed by atoms with Crippen LogP contribution in [0, 0.1) is 0 Å². The van der Waals surface area contributed by atoms with E-state index in [1.807, 2.05) is 54.6 Å². The van der Waals surface area contributed by atoms with E-state index in [9.17, 15) is 4.79 Å². The van der Waals surface area contributed by atoms with E-state index in [0.717, 1.165) is 46.7 Å². The third-order valence-electron chi connectivity index (χ3n) is 4.79. The summed E-state index contributed by atoms with van der Waals surface area (Å²) < 4.78 is 13.1. The van der Waals surface area contributed by atoms with Crippen LogP contribution in [0.3, 0.4) is 0 Å². The van der Waals surface area contributed by atoms with Crippen molar-refractivity contribution >= 4 is 17.0 Å². The summed E-state index contributed by atoms with van der Waals surface area (Å²) in [6.07, 6.45) is 1.60. The molecule has 0 atom stereocenters. The molecule has 0 aliphatic heterocycles. The number of para-hydroxylation sites is 1. The van der Waals surface area contributed by atoms with Gasteiger partial charge in [0, 0.05) is 24.2 Å². The lowest BCUT2D eigenvalue weighted by molar-refractivity contribution is -0.141. The predicted octanol–water partition coefficient (Wildman–Crippen LogP) is 5.41. The van der Waals surface area contributed by atoms with Crippen LogP contribution < -0.4 is 4.74 Å². The zero-order valence-electron chi connectivity index (χ0n) is 17.0. The monoisotopic (exact) mass is 400 g/mol. The van der Waals surface area contributed by atoms with Crippen molar-refractivity contribution in [3.05, 3.63) is 78.9 Å². The number of unbranched alkanes of at least 4 members (excludes halogenated alkanes) is 1. The molecule has 0 aliphatic carbocycles. The molecule has 0 saturated carbocycles. The molecular formula is C25H24N2O3. The number of nitrogens with zero attached hydrogens (tertiary/aromatic N) is 2. The molecule has 0 amide bonds. The van der Waals surface area contributed by atoms with Crippen molar-refractivity contribution in [3.8, 4) is 22.8 Å². The van der Waals surface area contributed by atoms with Crippen LogP contribution >= 0.6 is 0 Å². The molecule has 4 aromatic rings. The Morgan fingerprint density at radius 2 is 1.60 bits per heavy atom. The Labute approximate surface area is 175 Å². The van der Waals surface area contributed by atoms with Gasteiger partial charge in [-0.15, -0.1) is 0 Å². The Morgan fingerprint density at radius 1 is 0.900 bits per heavy atom. The van der Waals surface area contributed by atoms with Gasteiger partial charge in [-0.1, -0.05) is 48.5 Å². The average Bonchev–Trinajstić information content (AvgIpc) is 3.16. The summed E-state index contributed by atoms with van der Waals surface area (Å²) >= 11 is 0. The maximum absolute atomic E-state index is 10.8. The molecule has 0 fully saturated rings. The van der Waals surface area contributed by atoms with E-state index < -0.39 is 0 Å². The number of carbonyl (C=O) groups excluding carboxylic acids is 1. The van der Waals surface area contributed by atoms with Crippen LogP contribution in [0.2, 0.25) is 0 Å². The fraction of sp³-hybridized carbons (Fsp3) is 0.200. The number of hydrogen-bond donors (Lipinski definition) is 0. The minimum atomic E-state index is -0.246. The predicted molar refractivity (Wildman–Crippen MR) is 118 cm³/mol. The molecule has 0 unspecified atom stereocenters. The normalized spacial score (nSPS) is 10.8. The largest absolute Gasteiger partial charge is 0.494 e. The Kier molecular flexibility index (Phi) is 6.09. The first-order chi connectivity index (χ1) is 14.7. The lowest BCUT2D eigenvalue weighted by atomic mass is 10.2. The quantitative estimate of drug-likeness (QED) is 0.293. The maximum Gasteiger partial charge on any atom is 0.302 e. The van der Waals surface area contributed by atoms with Gasteiger partial charge in [0.2, 0.25) is 0 Å². The van der Waals surface area contributed by atoms with Crippen molar-refractivity contribution < 1.29 is 14.3 Å². The van der Waals surface area contributed by atoms with Crippen LogP contribution in [0.25, 0.3) is 28.1 Å². The van der Waals surface area contributed by atoms with Crippen LogP contribution in [0.15, 0.2) is 78.9 Å². The van der Waals surface area contributed by atoms with E-state index in [-0.39, 0.29) is 5.97 Å². The Balaban J connectivity index is 1.62. The van der Waals surface area contributed by atoms with Gasteiger partial charge in [0.05, 0.1) is 24.2 Å². The molecule has 3 aromatic carbocycles. The average molecular weight is 400 g/mol. The van der Waals surface area contributed by atoms with E-state index in [1.165, 1.54) is 6.92 Å². The van der Waals surface area contributed by atoms with Gasteiger partial charge in [-0.25, -0.2) is 4.98 Å². The molecule has 152 valence electrons. The van der Waals surface area contributed by atoms with Gasteiger partial charge in [-0.05, 0) is 37.1 Å². The molecule has 0 spiro atoms. The summed E-state index contributed by atoms with van der Waals surface area (Å²) in [5.41, 5.74) is 4.03. The minimum Gasteiger partial charge on any atom is -0.494 e. The zero-order chi connectivity index (χ0) is 20.8. The highest BCUT2D eigenvalue weighted by atomic mass is 16.5. The van der Waals surface area contributed by atoms with E-state index >= 15 is 0 Å². The summed E-state index contributed by atoms with van der Waals surface area (Å²) in [7, 11) is 0. The number of ether oxygens (including phenoxy) is 2. The van der Waals surface area contributed by atoms with Crippen LogP contribution in [0.4, 0.5) is 0 Å². The van der Waals surface area contributed by atoms with Crippen molar-refractivity contribution in [2.24, 2.45) is 0 Å². The number of rotatable bonds is 8. The molecule has 1 aromatic heterocycles. The van der Waals surface area contributed by atoms with Crippen molar-refractivity contribution in [3.63, 3.8) is 0 Å². The van der Waals surface area contributed by atoms with Gasteiger partial charge in [0.25, 0.3) is 0 Å². The molecule has 5 nitrogen and oxygen atoms in total. The number of hydrogen-bond acceptors (Lipinski definition) is 4. The lowest BCUT2D eigenvalue weighted by Gasteiger charge is -2.11. The second kappa shape index (κ2) is 9.27. The van der Waals surface area contributed by atoms with E-state index in [2.05, 4.69) is 28.8 Å². The lowest BCUT2D eigenvalue weighted by Crippen LogP contribution is -2.03. The fourth-order valence-corrected chi connectivity index (χ4v) is 3.37. The highest BCUT2D eigenvalue weighted by Crippen LogP contribution is 2.30. The first-order valence-corrected chi connectivity index (χ1v) is 10.1. The Hall–Kier alpha value is -3.60.